The number of hydrogen-bond acceptors (Lipinski definition) is 7. The summed E-state index contributed by atoms with van der Waals surface area (Å²) in [7, 11) is -3.37. The van der Waals surface area contributed by atoms with Gasteiger partial charge in [0, 0.05) is 24.4 Å². The van der Waals surface area contributed by atoms with Crippen molar-refractivity contribution in [1.82, 2.24) is 26.2 Å². The Morgan fingerprint density at radius 1 is 0.958 bits per heavy atom. The topological polar surface area (TPSA) is 171 Å². The quantitative estimate of drug-likeness (QED) is 0.177. The Kier molecular flexibility index (Phi) is 10.7. The van der Waals surface area contributed by atoms with Gasteiger partial charge < -0.3 is 26.2 Å². The van der Waals surface area contributed by atoms with Gasteiger partial charge in [0.05, 0.1) is 22.6 Å². The number of hydrogen-bond donors (Lipinski definition) is 4. The molecule has 0 aromatic heterocycles. The number of nitrogens with one attached hydrogen (secondary N) is 4. The van der Waals surface area contributed by atoms with Gasteiger partial charge >= 0.3 is 6.03 Å². The summed E-state index contributed by atoms with van der Waals surface area (Å²) in [5.41, 5.74) is -1.72. The summed E-state index contributed by atoms with van der Waals surface area (Å²) < 4.78 is 24.8. The van der Waals surface area contributed by atoms with E-state index in [1.807, 2.05) is 6.92 Å². The molecule has 4 unspecified atom stereocenters. The van der Waals surface area contributed by atoms with Gasteiger partial charge in [0.2, 0.25) is 17.6 Å². The fourth-order valence-electron chi connectivity index (χ4n) is 8.04. The fraction of sp³-hybridized carbons (Fsp3) is 0.848. The van der Waals surface area contributed by atoms with Gasteiger partial charge in [-0.3, -0.25) is 19.2 Å². The molecule has 5 aliphatic rings. The van der Waals surface area contributed by atoms with Crippen LogP contribution in [0.25, 0.3) is 0 Å². The molecule has 0 aromatic rings. The number of urea groups is 1. The maximum Gasteiger partial charge on any atom is 0.315 e. The van der Waals surface area contributed by atoms with Crippen molar-refractivity contribution in [2.75, 3.05) is 12.3 Å². The molecular formula is C33H51Cl2N5O7S. The summed E-state index contributed by atoms with van der Waals surface area (Å²) >= 11 is 13.1. The Labute approximate surface area is 293 Å². The Bertz CT molecular complexity index is 1410. The number of fused-ring (bicyclic) bond motifs is 1. The van der Waals surface area contributed by atoms with Crippen LogP contribution in [0.5, 0.6) is 0 Å². The number of ketones is 1. The highest BCUT2D eigenvalue weighted by Crippen LogP contribution is 2.65. The minimum atomic E-state index is -3.37. The first-order valence-corrected chi connectivity index (χ1v) is 20.0. The van der Waals surface area contributed by atoms with Crippen molar-refractivity contribution >= 4 is 62.6 Å². The number of rotatable bonds is 12. The van der Waals surface area contributed by atoms with Crippen LogP contribution in [-0.2, 0) is 29.0 Å². The van der Waals surface area contributed by atoms with Crippen LogP contribution in [0, 0.1) is 17.3 Å². The summed E-state index contributed by atoms with van der Waals surface area (Å²) in [5, 5.41) is 10.6. The number of amides is 5. The van der Waals surface area contributed by atoms with Crippen molar-refractivity contribution in [3.8, 4) is 0 Å². The van der Waals surface area contributed by atoms with Crippen LogP contribution in [0.1, 0.15) is 105 Å². The average molecular weight is 733 g/mol. The lowest BCUT2D eigenvalue weighted by atomic mass is 9.78. The number of piperidine rings is 1. The molecular weight excluding hydrogens is 681 g/mol. The summed E-state index contributed by atoms with van der Waals surface area (Å²) in [4.78, 5) is 69.2. The van der Waals surface area contributed by atoms with Crippen LogP contribution in [0.4, 0.5) is 4.79 Å². The zero-order valence-corrected chi connectivity index (χ0v) is 30.7. The average Bonchev–Trinajstić information content (AvgIpc) is 3.79. The van der Waals surface area contributed by atoms with Gasteiger partial charge in [-0.2, -0.15) is 0 Å². The first-order chi connectivity index (χ1) is 22.4. The third kappa shape index (κ3) is 7.62. The number of unbranched alkanes of at least 4 members (excludes halogenated alkanes) is 1. The Morgan fingerprint density at radius 3 is 2.19 bits per heavy atom. The standard InChI is InChI=1S/C33H51Cl2N5O7S/c1-5-6-11-21(25(41)28(43)36-19-13-14-19)37-27(42)24-23-20(33(23,34)35)18-40(24)29(44)26(31(2,3)4)38-30(45)39-32(15-8-7-9-16-32)22-12-10-17-48(22,46)47/h19-24,26H,5-18H2,1-4H3,(H,36,43)(H,37,42)(H2,38,39,45)/t20?,21?,22?,23?,24-,26+/m0/s1. The maximum atomic E-state index is 14.4. The number of carbonyl (C=O) groups excluding carboxylic acids is 5. The second-order valence-electron chi connectivity index (χ2n) is 15.7. The van der Waals surface area contributed by atoms with Crippen LogP contribution >= 0.6 is 23.2 Å². The zero-order valence-electron chi connectivity index (χ0n) is 28.4. The van der Waals surface area contributed by atoms with Gasteiger partial charge in [0.15, 0.2) is 9.84 Å². The monoisotopic (exact) mass is 731 g/mol. The second kappa shape index (κ2) is 13.9. The Morgan fingerprint density at radius 2 is 1.62 bits per heavy atom. The zero-order chi connectivity index (χ0) is 35.2. The van der Waals surface area contributed by atoms with Gasteiger partial charge in [-0.25, -0.2) is 13.2 Å². The lowest BCUT2D eigenvalue weighted by molar-refractivity contribution is -0.144. The molecule has 5 fully saturated rings. The summed E-state index contributed by atoms with van der Waals surface area (Å²) in [6, 6.07) is -3.95. The lowest BCUT2D eigenvalue weighted by Crippen LogP contribution is -2.65. The molecule has 2 heterocycles. The highest BCUT2D eigenvalue weighted by Gasteiger charge is 2.74. The molecule has 5 rings (SSSR count). The molecule has 0 aromatic carbocycles. The van der Waals surface area contributed by atoms with Crippen molar-refractivity contribution in [3.05, 3.63) is 0 Å². The SMILES string of the molecule is CCCCC(NC(=O)[C@@H]1C2C(CN1C(=O)[C@@H](NC(=O)NC1(C3CCCS3(=O)=O)CCCCC1)C(C)(C)C)C2(Cl)Cl)C(=O)C(=O)NC1CC1. The molecule has 6 atom stereocenters. The normalized spacial score (nSPS) is 29.6. The van der Waals surface area contributed by atoms with Gasteiger partial charge in [0.1, 0.15) is 16.4 Å². The number of halogens is 2. The van der Waals surface area contributed by atoms with Crippen molar-refractivity contribution in [2.24, 2.45) is 17.3 Å². The molecule has 2 aliphatic heterocycles. The number of alkyl halides is 2. The summed E-state index contributed by atoms with van der Waals surface area (Å²) in [6.07, 6.45) is 7.88. The fourth-order valence-corrected chi connectivity index (χ4v) is 11.2. The van der Waals surface area contributed by atoms with Crippen molar-refractivity contribution in [1.29, 1.82) is 0 Å². The molecule has 4 N–H and O–H groups in total. The molecule has 48 heavy (non-hydrogen) atoms. The van der Waals surface area contributed by atoms with Crippen LogP contribution in [0.3, 0.4) is 0 Å². The molecule has 0 spiro atoms. The third-order valence-corrected chi connectivity index (χ3v) is 14.4. The predicted molar refractivity (Wildman–Crippen MR) is 182 cm³/mol. The number of sulfone groups is 1. The maximum absolute atomic E-state index is 14.4. The minimum absolute atomic E-state index is 0.0261. The molecule has 0 bridgehead atoms. The molecule has 3 aliphatic carbocycles. The summed E-state index contributed by atoms with van der Waals surface area (Å²) in [6.45, 7) is 7.40. The Balaban J connectivity index is 1.34. The molecule has 5 amide bonds. The van der Waals surface area contributed by atoms with Crippen LogP contribution in [-0.4, -0.2) is 94.4 Å². The minimum Gasteiger partial charge on any atom is -0.347 e. The van der Waals surface area contributed by atoms with E-state index in [0.717, 1.165) is 38.5 Å². The molecule has 3 saturated carbocycles. The van der Waals surface area contributed by atoms with Gasteiger partial charge in [-0.05, 0) is 50.4 Å². The second-order valence-corrected chi connectivity index (χ2v) is 19.4. The number of nitrogens with zero attached hydrogens (tertiary/aromatic N) is 1. The smallest absolute Gasteiger partial charge is 0.315 e. The van der Waals surface area contributed by atoms with E-state index in [0.29, 0.717) is 32.1 Å². The van der Waals surface area contributed by atoms with Gasteiger partial charge in [0.25, 0.3) is 5.91 Å². The van der Waals surface area contributed by atoms with Crippen molar-refractivity contribution in [3.63, 3.8) is 0 Å². The first kappa shape index (κ1) is 37.1. The van der Waals surface area contributed by atoms with E-state index in [1.54, 1.807) is 20.8 Å². The highest BCUT2D eigenvalue weighted by atomic mass is 35.5. The van der Waals surface area contributed by atoms with E-state index < -0.39 is 89.9 Å². The number of likely N-dealkylation sites (tertiary alicyclic amines) is 1. The van der Waals surface area contributed by atoms with E-state index in [-0.39, 0.29) is 24.8 Å². The van der Waals surface area contributed by atoms with E-state index >= 15 is 0 Å². The molecule has 15 heteroatoms. The predicted octanol–water partition coefficient (Wildman–Crippen LogP) is 3.13. The third-order valence-electron chi connectivity index (χ3n) is 10.9. The highest BCUT2D eigenvalue weighted by molar-refractivity contribution is 7.92. The molecule has 12 nitrogen and oxygen atoms in total. The lowest BCUT2D eigenvalue weighted by Gasteiger charge is -2.43. The van der Waals surface area contributed by atoms with Gasteiger partial charge in [-0.1, -0.05) is 59.8 Å². The van der Waals surface area contributed by atoms with Crippen LogP contribution in [0.15, 0.2) is 0 Å². The van der Waals surface area contributed by atoms with E-state index in [2.05, 4.69) is 21.3 Å². The molecule has 270 valence electrons. The van der Waals surface area contributed by atoms with E-state index in [9.17, 15) is 32.4 Å². The van der Waals surface area contributed by atoms with Gasteiger partial charge in [-0.15, -0.1) is 23.2 Å². The number of Topliss-reactive ketones (excluding diaryl/α,β-unsaturated/α-hetero) is 1. The largest absolute Gasteiger partial charge is 0.347 e. The van der Waals surface area contributed by atoms with Crippen LogP contribution < -0.4 is 21.3 Å². The van der Waals surface area contributed by atoms with Crippen molar-refractivity contribution < 1.29 is 32.4 Å². The first-order valence-electron chi connectivity index (χ1n) is 17.6. The van der Waals surface area contributed by atoms with Crippen LogP contribution in [0.2, 0.25) is 0 Å². The summed E-state index contributed by atoms with van der Waals surface area (Å²) in [5.74, 6) is -3.50. The van der Waals surface area contributed by atoms with Crippen molar-refractivity contribution in [2.45, 2.75) is 144 Å². The van der Waals surface area contributed by atoms with E-state index in [1.165, 1.54) is 4.90 Å². The molecule has 2 saturated heterocycles. The van der Waals surface area contributed by atoms with E-state index in [4.69, 9.17) is 23.2 Å². The Hall–Kier alpha value is -2.12. The number of carbonyl (C=O) groups is 5. The molecule has 0 radical (unpaired) electrons.